The van der Waals surface area contributed by atoms with Gasteiger partial charge in [-0.05, 0) is 42.3 Å². The molecule has 0 bridgehead atoms. The van der Waals surface area contributed by atoms with Crippen LogP contribution in [0, 0.1) is 6.92 Å². The lowest BCUT2D eigenvalue weighted by atomic mass is 10.1. The smallest absolute Gasteiger partial charge is 0.252 e. The average molecular weight is 435 g/mol. The van der Waals surface area contributed by atoms with Crippen LogP contribution in [0.4, 0.5) is 5.69 Å². The van der Waals surface area contributed by atoms with E-state index < -0.39 is 9.84 Å². The zero-order valence-electron chi connectivity index (χ0n) is 15.2. The van der Waals surface area contributed by atoms with E-state index in [1.807, 2.05) is 48.2 Å². The molecule has 5 nitrogen and oxygen atoms in total. The third kappa shape index (κ3) is 4.11. The summed E-state index contributed by atoms with van der Waals surface area (Å²) in [7, 11) is -3.08. The Kier molecular flexibility index (Phi) is 5.24. The third-order valence-electron chi connectivity index (χ3n) is 4.84. The first-order valence-electron chi connectivity index (χ1n) is 8.90. The van der Waals surface area contributed by atoms with Gasteiger partial charge in [0.1, 0.15) is 0 Å². The van der Waals surface area contributed by atoms with Crippen LogP contribution in [0.15, 0.2) is 53.5 Å². The van der Waals surface area contributed by atoms with E-state index in [2.05, 4.69) is 4.99 Å². The van der Waals surface area contributed by atoms with Crippen molar-refractivity contribution in [2.24, 2.45) is 4.99 Å². The lowest BCUT2D eigenvalue weighted by Gasteiger charge is -2.24. The van der Waals surface area contributed by atoms with E-state index in [-0.39, 0.29) is 35.1 Å². The van der Waals surface area contributed by atoms with Gasteiger partial charge in [-0.1, -0.05) is 47.6 Å². The maximum absolute atomic E-state index is 12.6. The lowest BCUT2D eigenvalue weighted by Crippen LogP contribution is -2.37. The summed E-state index contributed by atoms with van der Waals surface area (Å²) in [6.45, 7) is 1.98. The number of anilines is 1. The monoisotopic (exact) mass is 434 g/mol. The molecular formula is C20H19ClN2O3S2. The number of rotatable bonds is 3. The number of carbonyl (C=O) groups is 1. The number of carbonyl (C=O) groups excluding carboxylic acids is 1. The summed E-state index contributed by atoms with van der Waals surface area (Å²) >= 11 is 7.28. The molecule has 146 valence electrons. The van der Waals surface area contributed by atoms with Crippen LogP contribution in [0.1, 0.15) is 11.1 Å². The number of benzene rings is 2. The number of aliphatic imine (C=N–C) groups is 1. The highest BCUT2D eigenvalue weighted by molar-refractivity contribution is 8.16. The Hall–Kier alpha value is -1.83. The maximum atomic E-state index is 12.6. The molecular weight excluding hydrogens is 416 g/mol. The molecule has 0 radical (unpaired) electrons. The number of amides is 1. The molecule has 0 saturated carbocycles. The predicted octanol–water partition coefficient (Wildman–Crippen LogP) is 3.49. The molecule has 28 heavy (non-hydrogen) atoms. The second-order valence-corrected chi connectivity index (χ2v) is 10.9. The number of halogens is 1. The van der Waals surface area contributed by atoms with E-state index in [1.54, 1.807) is 12.1 Å². The number of sulfone groups is 1. The molecule has 0 aliphatic carbocycles. The number of nitrogens with zero attached hydrogens (tertiary/aromatic N) is 2. The molecule has 2 heterocycles. The Bertz CT molecular complexity index is 1050. The molecule has 1 amide bonds. The zero-order valence-corrected chi connectivity index (χ0v) is 17.6. The minimum absolute atomic E-state index is 0.0863. The van der Waals surface area contributed by atoms with Gasteiger partial charge < -0.3 is 4.90 Å². The number of thioether (sulfide) groups is 1. The summed E-state index contributed by atoms with van der Waals surface area (Å²) in [4.78, 5) is 18.8. The Labute approximate surface area is 173 Å². The number of aryl methyl sites for hydroxylation is 1. The summed E-state index contributed by atoms with van der Waals surface area (Å²) in [5, 5.41) is 1.09. The highest BCUT2D eigenvalue weighted by Gasteiger charge is 2.49. The van der Waals surface area contributed by atoms with Crippen molar-refractivity contribution in [1.82, 2.24) is 0 Å². The summed E-state index contributed by atoms with van der Waals surface area (Å²) < 4.78 is 24.3. The largest absolute Gasteiger partial charge is 0.316 e. The van der Waals surface area contributed by atoms with Gasteiger partial charge in [-0.15, -0.1) is 0 Å². The van der Waals surface area contributed by atoms with E-state index in [0.29, 0.717) is 10.2 Å². The van der Waals surface area contributed by atoms with Gasteiger partial charge in [-0.2, -0.15) is 4.99 Å². The summed E-state index contributed by atoms with van der Waals surface area (Å²) in [6.07, 6.45) is 0.177. The molecule has 4 rings (SSSR count). The fourth-order valence-electron chi connectivity index (χ4n) is 3.57. The first kappa shape index (κ1) is 19.5. The molecule has 0 spiro atoms. The number of fused-ring (bicyclic) bond motifs is 1. The Balaban J connectivity index is 1.63. The lowest BCUT2D eigenvalue weighted by molar-refractivity contribution is -0.117. The quantitative estimate of drug-likeness (QED) is 0.739. The first-order valence-corrected chi connectivity index (χ1v) is 12.0. The second-order valence-electron chi connectivity index (χ2n) is 7.10. The molecule has 2 saturated heterocycles. The highest BCUT2D eigenvalue weighted by Crippen LogP contribution is 2.41. The van der Waals surface area contributed by atoms with Crippen molar-refractivity contribution in [1.29, 1.82) is 0 Å². The van der Waals surface area contributed by atoms with Crippen LogP contribution in [-0.2, 0) is 21.1 Å². The van der Waals surface area contributed by atoms with Gasteiger partial charge in [0.2, 0.25) is 0 Å². The first-order chi connectivity index (χ1) is 13.3. The van der Waals surface area contributed by atoms with Crippen molar-refractivity contribution < 1.29 is 13.2 Å². The molecule has 8 heteroatoms. The van der Waals surface area contributed by atoms with Gasteiger partial charge in [0, 0.05) is 16.0 Å². The van der Waals surface area contributed by atoms with Crippen LogP contribution in [0.2, 0.25) is 5.02 Å². The molecule has 2 atom stereocenters. The Morgan fingerprint density at radius 2 is 1.96 bits per heavy atom. The van der Waals surface area contributed by atoms with Crippen molar-refractivity contribution in [3.05, 3.63) is 64.7 Å². The van der Waals surface area contributed by atoms with Gasteiger partial charge in [-0.3, -0.25) is 4.79 Å². The molecule has 0 unspecified atom stereocenters. The predicted molar refractivity (Wildman–Crippen MR) is 115 cm³/mol. The molecule has 0 N–H and O–H groups in total. The van der Waals surface area contributed by atoms with E-state index in [4.69, 9.17) is 11.6 Å². The second kappa shape index (κ2) is 7.54. The summed E-state index contributed by atoms with van der Waals surface area (Å²) in [5.41, 5.74) is 2.78. The van der Waals surface area contributed by atoms with E-state index in [1.165, 1.54) is 11.8 Å². The standard InChI is InChI=1S/C20H19ClN2O3S2/c1-13-3-2-4-16(9-13)23-17-11-28(25,26)12-18(17)27-20(23)22-19(24)10-14-5-7-15(21)8-6-14/h2-9,17-18H,10-12H2,1H3/t17-,18-/m1/s1. The van der Waals surface area contributed by atoms with Crippen LogP contribution < -0.4 is 4.90 Å². The number of hydrogen-bond acceptors (Lipinski definition) is 4. The Morgan fingerprint density at radius 1 is 1.21 bits per heavy atom. The van der Waals surface area contributed by atoms with Crippen molar-refractivity contribution in [3.8, 4) is 0 Å². The van der Waals surface area contributed by atoms with Gasteiger partial charge in [-0.25, -0.2) is 8.42 Å². The number of hydrogen-bond donors (Lipinski definition) is 0. The molecule has 2 aromatic rings. The fraction of sp³-hybridized carbons (Fsp3) is 0.300. The average Bonchev–Trinajstić information content (AvgIpc) is 3.07. The normalized spacial score (nSPS) is 24.5. The van der Waals surface area contributed by atoms with Crippen LogP contribution in [0.25, 0.3) is 0 Å². The van der Waals surface area contributed by atoms with Gasteiger partial charge >= 0.3 is 0 Å². The molecule has 2 fully saturated rings. The Morgan fingerprint density at radius 3 is 2.68 bits per heavy atom. The van der Waals surface area contributed by atoms with E-state index >= 15 is 0 Å². The molecule has 2 aliphatic rings. The summed E-state index contributed by atoms with van der Waals surface area (Å²) in [5.74, 6) is -0.0526. The van der Waals surface area contributed by atoms with Gasteiger partial charge in [0.25, 0.3) is 5.91 Å². The summed E-state index contributed by atoms with van der Waals surface area (Å²) in [6, 6.07) is 14.7. The van der Waals surface area contributed by atoms with Crippen LogP contribution in [-0.4, -0.2) is 42.3 Å². The van der Waals surface area contributed by atoms with Crippen molar-refractivity contribution >= 4 is 50.0 Å². The molecule has 2 aromatic carbocycles. The van der Waals surface area contributed by atoms with Crippen molar-refractivity contribution in [2.45, 2.75) is 24.6 Å². The minimum atomic E-state index is -3.08. The SMILES string of the molecule is Cc1cccc(N2C(=NC(=O)Cc3ccc(Cl)cc3)S[C@@H]3CS(=O)(=O)C[C@H]32)c1. The van der Waals surface area contributed by atoms with Crippen LogP contribution >= 0.6 is 23.4 Å². The number of amidine groups is 1. The minimum Gasteiger partial charge on any atom is -0.316 e. The van der Waals surface area contributed by atoms with Crippen molar-refractivity contribution in [2.75, 3.05) is 16.4 Å². The fourth-order valence-corrected chi connectivity index (χ4v) is 7.62. The maximum Gasteiger partial charge on any atom is 0.252 e. The topological polar surface area (TPSA) is 66.8 Å². The van der Waals surface area contributed by atoms with E-state index in [9.17, 15) is 13.2 Å². The third-order valence-corrected chi connectivity index (χ3v) is 8.30. The van der Waals surface area contributed by atoms with Crippen LogP contribution in [0.5, 0.6) is 0 Å². The molecule has 0 aromatic heterocycles. The van der Waals surface area contributed by atoms with Gasteiger partial charge in [0.15, 0.2) is 15.0 Å². The van der Waals surface area contributed by atoms with E-state index in [0.717, 1.165) is 16.8 Å². The van der Waals surface area contributed by atoms with Gasteiger partial charge in [0.05, 0.1) is 24.0 Å². The molecule has 2 aliphatic heterocycles. The van der Waals surface area contributed by atoms with Crippen molar-refractivity contribution in [3.63, 3.8) is 0 Å². The van der Waals surface area contributed by atoms with Crippen LogP contribution in [0.3, 0.4) is 0 Å². The zero-order chi connectivity index (χ0) is 19.9. The highest BCUT2D eigenvalue weighted by atomic mass is 35.5.